The Balaban J connectivity index is 1.21. The third-order valence-electron chi connectivity index (χ3n) is 6.75. The molecule has 1 saturated heterocycles. The summed E-state index contributed by atoms with van der Waals surface area (Å²) in [6, 6.07) is 9.29. The van der Waals surface area contributed by atoms with Gasteiger partial charge in [0.1, 0.15) is 24.6 Å². The Bertz CT molecular complexity index is 1550. The molecule has 2 aromatic carbocycles. The number of halogens is 2. The molecular weight excluding hydrogens is 563 g/mol. The Labute approximate surface area is 237 Å². The zero-order valence-electron chi connectivity index (χ0n) is 20.8. The van der Waals surface area contributed by atoms with Gasteiger partial charge < -0.3 is 35.1 Å². The van der Waals surface area contributed by atoms with Gasteiger partial charge in [-0.2, -0.15) is 0 Å². The van der Waals surface area contributed by atoms with Gasteiger partial charge in [0, 0.05) is 22.2 Å². The van der Waals surface area contributed by atoms with Gasteiger partial charge in [-0.05, 0) is 42.3 Å². The van der Waals surface area contributed by atoms with Gasteiger partial charge in [0.25, 0.3) is 5.91 Å². The monoisotopic (exact) mass is 586 g/mol. The summed E-state index contributed by atoms with van der Waals surface area (Å²) >= 11 is 12.1. The number of amides is 1. The Hall–Kier alpha value is -3.68. The van der Waals surface area contributed by atoms with Crippen molar-refractivity contribution < 1.29 is 29.2 Å². The van der Waals surface area contributed by atoms with E-state index in [0.29, 0.717) is 40.0 Å². The maximum atomic E-state index is 13.0. The fourth-order valence-corrected chi connectivity index (χ4v) is 5.33. The van der Waals surface area contributed by atoms with Crippen molar-refractivity contribution in [2.75, 3.05) is 25.3 Å². The molecule has 4 aromatic rings. The van der Waals surface area contributed by atoms with Gasteiger partial charge in [0.2, 0.25) is 6.79 Å². The van der Waals surface area contributed by atoms with Gasteiger partial charge in [-0.15, -0.1) is 0 Å². The molecular formula is C26H24Cl2N6O6. The number of fused-ring (bicyclic) bond motifs is 2. The highest BCUT2D eigenvalue weighted by atomic mass is 35.5. The molecule has 14 heteroatoms. The molecule has 0 saturated carbocycles. The summed E-state index contributed by atoms with van der Waals surface area (Å²) in [4.78, 5) is 26.2. The van der Waals surface area contributed by atoms with Crippen LogP contribution in [0.5, 0.6) is 11.5 Å². The first-order valence-corrected chi connectivity index (χ1v) is 13.2. The second-order valence-corrected chi connectivity index (χ2v) is 10.2. The van der Waals surface area contributed by atoms with Crippen LogP contribution >= 0.6 is 23.2 Å². The van der Waals surface area contributed by atoms with Crippen molar-refractivity contribution >= 4 is 46.1 Å². The molecule has 4 atom stereocenters. The average molecular weight is 587 g/mol. The zero-order valence-corrected chi connectivity index (χ0v) is 22.3. The van der Waals surface area contributed by atoms with Crippen molar-refractivity contribution in [2.45, 2.75) is 30.9 Å². The number of nitrogens with one attached hydrogen (secondary N) is 2. The topological polar surface area (TPSA) is 153 Å². The summed E-state index contributed by atoms with van der Waals surface area (Å²) in [6.07, 6.45) is 0.492. The van der Waals surface area contributed by atoms with Crippen molar-refractivity contribution in [3.05, 3.63) is 70.2 Å². The van der Waals surface area contributed by atoms with Gasteiger partial charge in [-0.25, -0.2) is 15.0 Å². The van der Waals surface area contributed by atoms with Gasteiger partial charge >= 0.3 is 0 Å². The number of aliphatic hydroxyl groups excluding tert-OH is 2. The Morgan fingerprint density at radius 1 is 1.07 bits per heavy atom. The van der Waals surface area contributed by atoms with Crippen LogP contribution in [-0.4, -0.2) is 73.8 Å². The van der Waals surface area contributed by atoms with E-state index in [1.54, 1.807) is 4.57 Å². The summed E-state index contributed by atoms with van der Waals surface area (Å²) in [5, 5.41) is 27.3. The van der Waals surface area contributed by atoms with Crippen LogP contribution in [0.2, 0.25) is 10.0 Å². The lowest BCUT2D eigenvalue weighted by Gasteiger charge is -2.23. The normalized spacial score (nSPS) is 21.6. The number of ether oxygens (including phenoxy) is 3. The van der Waals surface area contributed by atoms with E-state index in [9.17, 15) is 15.0 Å². The van der Waals surface area contributed by atoms with Crippen LogP contribution < -0.4 is 20.1 Å². The molecule has 1 fully saturated rings. The van der Waals surface area contributed by atoms with E-state index in [-0.39, 0.29) is 12.4 Å². The smallest absolute Gasteiger partial charge is 0.251 e. The van der Waals surface area contributed by atoms with Crippen LogP contribution in [0.15, 0.2) is 49.1 Å². The second-order valence-electron chi connectivity index (χ2n) is 9.31. The van der Waals surface area contributed by atoms with Crippen LogP contribution in [0.3, 0.4) is 0 Å². The lowest BCUT2D eigenvalue weighted by atomic mass is 10.1. The quantitative estimate of drug-likeness (QED) is 0.242. The lowest BCUT2D eigenvalue weighted by Crippen LogP contribution is -2.46. The van der Waals surface area contributed by atoms with E-state index in [1.165, 1.54) is 30.9 Å². The summed E-state index contributed by atoms with van der Waals surface area (Å²) in [5.74, 6) is 1.44. The first kappa shape index (κ1) is 26.5. The third-order valence-corrected chi connectivity index (χ3v) is 7.19. The van der Waals surface area contributed by atoms with E-state index in [1.807, 2.05) is 18.2 Å². The van der Waals surface area contributed by atoms with Crippen LogP contribution in [0.25, 0.3) is 11.2 Å². The predicted octanol–water partition coefficient (Wildman–Crippen LogP) is 2.57. The number of aromatic nitrogens is 4. The first-order chi connectivity index (χ1) is 19.4. The fourth-order valence-electron chi connectivity index (χ4n) is 4.80. The number of carbonyl (C=O) groups excluding carboxylic acids is 1. The largest absolute Gasteiger partial charge is 0.454 e. The number of carbonyl (C=O) groups is 1. The minimum atomic E-state index is -1.22. The van der Waals surface area contributed by atoms with E-state index < -0.39 is 37.0 Å². The van der Waals surface area contributed by atoms with Crippen molar-refractivity contribution in [3.8, 4) is 11.5 Å². The number of nitrogens with zero attached hydrogens (tertiary/aromatic N) is 4. The predicted molar refractivity (Wildman–Crippen MR) is 145 cm³/mol. The molecule has 2 aliphatic rings. The number of anilines is 1. The number of imidazole rings is 1. The fraction of sp³-hybridized carbons (Fsp3) is 0.308. The molecule has 0 spiro atoms. The minimum Gasteiger partial charge on any atom is -0.454 e. The SMILES string of the molecule is O=C(N[C@@H]1[C@H](O)[C@@H](CO)O[C@H]1n1cnc2c(NCCc3ccc4c(c3)OCO4)ncnc21)c1cc(Cl)cc(Cl)c1. The minimum absolute atomic E-state index is 0.211. The molecule has 0 unspecified atom stereocenters. The second kappa shape index (κ2) is 11.1. The molecule has 208 valence electrons. The molecule has 6 rings (SSSR count). The highest BCUT2D eigenvalue weighted by Gasteiger charge is 2.46. The zero-order chi connectivity index (χ0) is 27.8. The highest BCUT2D eigenvalue weighted by Crippen LogP contribution is 2.34. The summed E-state index contributed by atoms with van der Waals surface area (Å²) < 4.78 is 18.3. The number of benzene rings is 2. The van der Waals surface area contributed by atoms with Crippen LogP contribution in [0, 0.1) is 0 Å². The molecule has 0 aliphatic carbocycles. The molecule has 4 N–H and O–H groups in total. The Morgan fingerprint density at radius 2 is 1.88 bits per heavy atom. The summed E-state index contributed by atoms with van der Waals surface area (Å²) in [5.41, 5.74) is 2.17. The number of aliphatic hydroxyl groups is 2. The molecule has 1 amide bonds. The lowest BCUT2D eigenvalue weighted by molar-refractivity contribution is -0.0440. The van der Waals surface area contributed by atoms with Crippen LogP contribution in [-0.2, 0) is 11.2 Å². The Morgan fingerprint density at radius 3 is 2.67 bits per heavy atom. The summed E-state index contributed by atoms with van der Waals surface area (Å²) in [6.45, 7) is 0.324. The molecule has 40 heavy (non-hydrogen) atoms. The number of rotatable bonds is 8. The van der Waals surface area contributed by atoms with E-state index in [4.69, 9.17) is 37.4 Å². The molecule has 0 radical (unpaired) electrons. The van der Waals surface area contributed by atoms with E-state index in [2.05, 4.69) is 25.6 Å². The van der Waals surface area contributed by atoms with Crippen molar-refractivity contribution in [1.29, 1.82) is 0 Å². The maximum Gasteiger partial charge on any atom is 0.251 e. The molecule has 4 heterocycles. The molecule has 0 bridgehead atoms. The van der Waals surface area contributed by atoms with Gasteiger partial charge in [-0.3, -0.25) is 9.36 Å². The van der Waals surface area contributed by atoms with Crippen molar-refractivity contribution in [3.63, 3.8) is 0 Å². The van der Waals surface area contributed by atoms with Gasteiger partial charge in [0.05, 0.1) is 12.9 Å². The van der Waals surface area contributed by atoms with E-state index in [0.717, 1.165) is 17.1 Å². The van der Waals surface area contributed by atoms with Crippen molar-refractivity contribution in [2.24, 2.45) is 0 Å². The first-order valence-electron chi connectivity index (χ1n) is 12.4. The third kappa shape index (κ3) is 5.11. The van der Waals surface area contributed by atoms with E-state index >= 15 is 0 Å². The highest BCUT2D eigenvalue weighted by molar-refractivity contribution is 6.35. The van der Waals surface area contributed by atoms with Gasteiger partial charge in [-0.1, -0.05) is 29.3 Å². The molecule has 12 nitrogen and oxygen atoms in total. The molecule has 2 aromatic heterocycles. The van der Waals surface area contributed by atoms with Crippen molar-refractivity contribution in [1.82, 2.24) is 24.8 Å². The van der Waals surface area contributed by atoms with Crippen LogP contribution in [0.1, 0.15) is 22.1 Å². The Kier molecular flexibility index (Phi) is 7.34. The van der Waals surface area contributed by atoms with Gasteiger partial charge in [0.15, 0.2) is 34.7 Å². The van der Waals surface area contributed by atoms with Crippen LogP contribution in [0.4, 0.5) is 5.82 Å². The molecule has 2 aliphatic heterocycles. The summed E-state index contributed by atoms with van der Waals surface area (Å²) in [7, 11) is 0. The maximum absolute atomic E-state index is 13.0. The number of hydrogen-bond acceptors (Lipinski definition) is 10. The average Bonchev–Trinajstić information content (AvgIpc) is 3.66. The number of hydrogen-bond donors (Lipinski definition) is 4. The standard InChI is InChI=1S/C26H24Cl2N6O6/c27-15-6-14(7-16(28)8-15)25(37)33-20-22(36)19(9-35)40-26(20)34-11-32-21-23(30-10-31-24(21)34)29-4-3-13-1-2-17-18(5-13)39-12-38-17/h1-2,5-8,10-11,19-20,22,26,35-36H,3-4,9,12H2,(H,33,37)(H,29,30,31)/t19-,20-,22-,26-/m1/s1.